The molecule has 0 aromatic heterocycles. The monoisotopic (exact) mass is 389 g/mol. The molecule has 7 heteroatoms. The van der Waals surface area contributed by atoms with Gasteiger partial charge in [-0.15, -0.1) is 0 Å². The van der Waals surface area contributed by atoms with E-state index in [0.717, 1.165) is 17.0 Å². The number of carbonyl (C=O) groups excluding carboxylic acids is 1. The average molecular weight is 390 g/mol. The summed E-state index contributed by atoms with van der Waals surface area (Å²) >= 11 is 6.14. The van der Waals surface area contributed by atoms with Crippen molar-refractivity contribution in [3.05, 3.63) is 47.0 Å². The summed E-state index contributed by atoms with van der Waals surface area (Å²) < 4.78 is 10.8. The predicted molar refractivity (Wildman–Crippen MR) is 109 cm³/mol. The molecule has 0 spiro atoms. The number of urea groups is 1. The molecule has 3 rings (SSSR count). The SMILES string of the molecule is COc1ccc(C)cc1NC(=O)N1CCN(c2cc(Cl)ccc2OC)CC1. The minimum atomic E-state index is -0.128. The molecule has 0 atom stereocenters. The first-order valence-electron chi connectivity index (χ1n) is 8.81. The summed E-state index contributed by atoms with van der Waals surface area (Å²) in [6.07, 6.45) is 0. The number of ether oxygens (including phenoxy) is 2. The lowest BCUT2D eigenvalue weighted by atomic mass is 10.2. The van der Waals surface area contributed by atoms with E-state index in [1.54, 1.807) is 19.1 Å². The van der Waals surface area contributed by atoms with Crippen LogP contribution in [0.3, 0.4) is 0 Å². The molecule has 1 aliphatic rings. The summed E-state index contributed by atoms with van der Waals surface area (Å²) in [4.78, 5) is 16.6. The van der Waals surface area contributed by atoms with E-state index in [9.17, 15) is 4.79 Å². The second-order valence-electron chi connectivity index (χ2n) is 6.42. The van der Waals surface area contributed by atoms with Crippen LogP contribution < -0.4 is 19.7 Å². The van der Waals surface area contributed by atoms with Crippen molar-refractivity contribution < 1.29 is 14.3 Å². The molecule has 0 unspecified atom stereocenters. The Hall–Kier alpha value is -2.60. The molecule has 2 aromatic carbocycles. The predicted octanol–water partition coefficient (Wildman–Crippen LogP) is 4.02. The lowest BCUT2D eigenvalue weighted by Crippen LogP contribution is -2.50. The lowest BCUT2D eigenvalue weighted by molar-refractivity contribution is 0.208. The van der Waals surface area contributed by atoms with Crippen LogP contribution in [0.1, 0.15) is 5.56 Å². The van der Waals surface area contributed by atoms with E-state index in [1.807, 2.05) is 43.3 Å². The van der Waals surface area contributed by atoms with Crippen LogP contribution in [0.4, 0.5) is 16.2 Å². The van der Waals surface area contributed by atoms with Gasteiger partial charge >= 0.3 is 6.03 Å². The van der Waals surface area contributed by atoms with Gasteiger partial charge < -0.3 is 24.6 Å². The van der Waals surface area contributed by atoms with Gasteiger partial charge in [-0.2, -0.15) is 0 Å². The van der Waals surface area contributed by atoms with Gasteiger partial charge in [0.05, 0.1) is 25.6 Å². The first-order chi connectivity index (χ1) is 13.0. The topological polar surface area (TPSA) is 54.0 Å². The number of anilines is 2. The number of piperazine rings is 1. The van der Waals surface area contributed by atoms with Crippen LogP contribution in [0.2, 0.25) is 5.02 Å². The van der Waals surface area contributed by atoms with E-state index in [2.05, 4.69) is 10.2 Å². The van der Waals surface area contributed by atoms with Crippen LogP contribution in [-0.2, 0) is 0 Å². The standard InChI is InChI=1S/C20H24ClN3O3/c1-14-4-6-18(26-2)16(12-14)22-20(25)24-10-8-23(9-11-24)17-13-15(21)5-7-19(17)27-3/h4-7,12-13H,8-11H2,1-3H3,(H,22,25). The number of methoxy groups -OCH3 is 2. The first-order valence-corrected chi connectivity index (χ1v) is 9.18. The van der Waals surface area contributed by atoms with Crippen molar-refractivity contribution in [3.8, 4) is 11.5 Å². The van der Waals surface area contributed by atoms with Crippen molar-refractivity contribution in [2.45, 2.75) is 6.92 Å². The molecular formula is C20H24ClN3O3. The third-order valence-corrected chi connectivity index (χ3v) is 4.88. The summed E-state index contributed by atoms with van der Waals surface area (Å²) in [5.74, 6) is 1.43. The maximum Gasteiger partial charge on any atom is 0.322 e. The Kier molecular flexibility index (Phi) is 5.96. The van der Waals surface area contributed by atoms with Gasteiger partial charge in [0, 0.05) is 31.2 Å². The van der Waals surface area contributed by atoms with Gasteiger partial charge in [-0.05, 0) is 42.8 Å². The van der Waals surface area contributed by atoms with E-state index in [4.69, 9.17) is 21.1 Å². The number of amides is 2. The highest BCUT2D eigenvalue weighted by Crippen LogP contribution is 2.32. The number of carbonyl (C=O) groups is 1. The number of rotatable bonds is 4. The Morgan fingerprint density at radius 1 is 1.00 bits per heavy atom. The van der Waals surface area contributed by atoms with Gasteiger partial charge in [0.2, 0.25) is 0 Å². The molecule has 0 aliphatic carbocycles. The van der Waals surface area contributed by atoms with Crippen LogP contribution in [0, 0.1) is 6.92 Å². The minimum Gasteiger partial charge on any atom is -0.495 e. The van der Waals surface area contributed by atoms with Gasteiger partial charge in [-0.25, -0.2) is 4.79 Å². The number of halogens is 1. The fourth-order valence-corrected chi connectivity index (χ4v) is 3.34. The highest BCUT2D eigenvalue weighted by atomic mass is 35.5. The van der Waals surface area contributed by atoms with Crippen LogP contribution in [0.5, 0.6) is 11.5 Å². The lowest BCUT2D eigenvalue weighted by Gasteiger charge is -2.36. The fourth-order valence-electron chi connectivity index (χ4n) is 3.17. The zero-order valence-electron chi connectivity index (χ0n) is 15.8. The summed E-state index contributed by atoms with van der Waals surface area (Å²) in [5, 5.41) is 3.62. The van der Waals surface area contributed by atoms with Crippen molar-refractivity contribution in [2.75, 3.05) is 50.6 Å². The Bertz CT molecular complexity index is 820. The fraction of sp³-hybridized carbons (Fsp3) is 0.350. The highest BCUT2D eigenvalue weighted by molar-refractivity contribution is 6.30. The van der Waals surface area contributed by atoms with Crippen LogP contribution in [0.15, 0.2) is 36.4 Å². The van der Waals surface area contributed by atoms with Gasteiger partial charge in [-0.3, -0.25) is 0 Å². The molecule has 6 nitrogen and oxygen atoms in total. The Morgan fingerprint density at radius 2 is 1.67 bits per heavy atom. The largest absolute Gasteiger partial charge is 0.495 e. The van der Waals surface area contributed by atoms with Crippen molar-refractivity contribution in [3.63, 3.8) is 0 Å². The van der Waals surface area contributed by atoms with E-state index in [-0.39, 0.29) is 6.03 Å². The molecule has 2 amide bonds. The molecule has 0 saturated carbocycles. The number of benzene rings is 2. The molecule has 0 bridgehead atoms. The third-order valence-electron chi connectivity index (χ3n) is 4.65. The quantitative estimate of drug-likeness (QED) is 0.858. The first kappa shape index (κ1) is 19.2. The van der Waals surface area contributed by atoms with Gasteiger partial charge in [0.15, 0.2) is 0 Å². The highest BCUT2D eigenvalue weighted by Gasteiger charge is 2.24. The van der Waals surface area contributed by atoms with Gasteiger partial charge in [0.1, 0.15) is 11.5 Å². The van der Waals surface area contributed by atoms with Crippen molar-refractivity contribution in [1.29, 1.82) is 0 Å². The van der Waals surface area contributed by atoms with Crippen LogP contribution >= 0.6 is 11.6 Å². The second kappa shape index (κ2) is 8.39. The van der Waals surface area contributed by atoms with Gasteiger partial charge in [0.25, 0.3) is 0 Å². The number of nitrogens with zero attached hydrogens (tertiary/aromatic N) is 2. The Balaban J connectivity index is 1.65. The molecule has 1 heterocycles. The summed E-state index contributed by atoms with van der Waals surface area (Å²) in [5.41, 5.74) is 2.69. The summed E-state index contributed by atoms with van der Waals surface area (Å²) in [6, 6.07) is 11.2. The van der Waals surface area contributed by atoms with Crippen molar-refractivity contribution >= 4 is 29.0 Å². The molecule has 1 N–H and O–H groups in total. The smallest absolute Gasteiger partial charge is 0.322 e. The molecule has 1 fully saturated rings. The van der Waals surface area contributed by atoms with E-state index in [0.29, 0.717) is 42.6 Å². The molecule has 0 radical (unpaired) electrons. The molecular weight excluding hydrogens is 366 g/mol. The molecule has 2 aromatic rings. The minimum absolute atomic E-state index is 0.128. The number of hydrogen-bond acceptors (Lipinski definition) is 4. The van der Waals surface area contributed by atoms with Crippen molar-refractivity contribution in [2.24, 2.45) is 0 Å². The number of hydrogen-bond donors (Lipinski definition) is 1. The molecule has 144 valence electrons. The molecule has 1 aliphatic heterocycles. The Labute approximate surface area is 164 Å². The zero-order valence-corrected chi connectivity index (χ0v) is 16.5. The van der Waals surface area contributed by atoms with Gasteiger partial charge in [-0.1, -0.05) is 17.7 Å². The van der Waals surface area contributed by atoms with Crippen molar-refractivity contribution in [1.82, 2.24) is 4.90 Å². The van der Waals surface area contributed by atoms with Crippen LogP contribution in [0.25, 0.3) is 0 Å². The normalized spacial score (nSPS) is 14.1. The third kappa shape index (κ3) is 4.39. The summed E-state index contributed by atoms with van der Waals surface area (Å²) in [7, 11) is 3.24. The Morgan fingerprint density at radius 3 is 2.33 bits per heavy atom. The maximum absolute atomic E-state index is 12.7. The molecule has 27 heavy (non-hydrogen) atoms. The van der Waals surface area contributed by atoms with Crippen LogP contribution in [-0.4, -0.2) is 51.3 Å². The van der Waals surface area contributed by atoms with E-state index >= 15 is 0 Å². The zero-order chi connectivity index (χ0) is 19.4. The average Bonchev–Trinajstić information content (AvgIpc) is 2.68. The number of aryl methyl sites for hydroxylation is 1. The summed E-state index contributed by atoms with van der Waals surface area (Å²) in [6.45, 7) is 4.60. The molecule has 1 saturated heterocycles. The number of nitrogens with one attached hydrogen (secondary N) is 1. The van der Waals surface area contributed by atoms with E-state index < -0.39 is 0 Å². The van der Waals surface area contributed by atoms with E-state index in [1.165, 1.54) is 0 Å². The second-order valence-corrected chi connectivity index (χ2v) is 6.86. The maximum atomic E-state index is 12.7.